The fraction of sp³-hybridized carbons (Fsp3) is 0.917. The number of piperazine rings is 1. The van der Waals surface area contributed by atoms with Gasteiger partial charge in [-0.15, -0.1) is 0 Å². The van der Waals surface area contributed by atoms with Gasteiger partial charge < -0.3 is 10.2 Å². The maximum Gasteiger partial charge on any atom is 0.222 e. The van der Waals surface area contributed by atoms with Crippen molar-refractivity contribution >= 4 is 5.91 Å². The Labute approximate surface area is 98.0 Å². The van der Waals surface area contributed by atoms with Crippen LogP contribution in [0.1, 0.15) is 26.2 Å². The molecule has 0 radical (unpaired) electrons. The fourth-order valence-electron chi connectivity index (χ4n) is 2.74. The van der Waals surface area contributed by atoms with Crippen molar-refractivity contribution in [2.24, 2.45) is 0 Å². The first kappa shape index (κ1) is 11.9. The van der Waals surface area contributed by atoms with Gasteiger partial charge in [-0.05, 0) is 32.5 Å². The maximum atomic E-state index is 11.5. The second-order valence-electron chi connectivity index (χ2n) is 4.79. The Morgan fingerprint density at radius 2 is 2.31 bits per heavy atom. The average molecular weight is 225 g/mol. The van der Waals surface area contributed by atoms with E-state index in [1.165, 1.54) is 13.0 Å². The number of amides is 1. The van der Waals surface area contributed by atoms with Crippen molar-refractivity contribution < 1.29 is 4.79 Å². The summed E-state index contributed by atoms with van der Waals surface area (Å²) in [7, 11) is 0. The molecule has 4 heteroatoms. The van der Waals surface area contributed by atoms with Gasteiger partial charge in [-0.1, -0.05) is 6.92 Å². The van der Waals surface area contributed by atoms with Crippen LogP contribution in [0.4, 0.5) is 0 Å². The lowest BCUT2D eigenvalue weighted by Gasteiger charge is -2.37. The van der Waals surface area contributed by atoms with Crippen LogP contribution in [0.2, 0.25) is 0 Å². The van der Waals surface area contributed by atoms with Crippen LogP contribution in [-0.2, 0) is 4.79 Å². The number of nitrogens with zero attached hydrogens (tertiary/aromatic N) is 2. The molecule has 1 N–H and O–H groups in total. The van der Waals surface area contributed by atoms with E-state index in [-0.39, 0.29) is 0 Å². The third-order valence-corrected chi connectivity index (χ3v) is 3.66. The van der Waals surface area contributed by atoms with Gasteiger partial charge in [-0.2, -0.15) is 0 Å². The number of carbonyl (C=O) groups excluding carboxylic acids is 1. The molecule has 2 aliphatic rings. The zero-order valence-electron chi connectivity index (χ0n) is 10.2. The molecule has 4 nitrogen and oxygen atoms in total. The maximum absolute atomic E-state index is 11.5. The highest BCUT2D eigenvalue weighted by atomic mass is 16.2. The van der Waals surface area contributed by atoms with Crippen LogP contribution in [0.15, 0.2) is 0 Å². The SMILES string of the molecule is CCNCCCN1CCN2C(=O)CCC2C1. The molecule has 16 heavy (non-hydrogen) atoms. The average Bonchev–Trinajstić information content (AvgIpc) is 2.66. The minimum absolute atomic E-state index is 0.372. The van der Waals surface area contributed by atoms with Crippen LogP contribution in [0.5, 0.6) is 0 Å². The number of rotatable bonds is 5. The summed E-state index contributed by atoms with van der Waals surface area (Å²) in [4.78, 5) is 16.1. The van der Waals surface area contributed by atoms with E-state index in [9.17, 15) is 4.79 Å². The van der Waals surface area contributed by atoms with Crippen LogP contribution in [0, 0.1) is 0 Å². The second kappa shape index (κ2) is 5.64. The molecule has 0 saturated carbocycles. The third-order valence-electron chi connectivity index (χ3n) is 3.66. The van der Waals surface area contributed by atoms with E-state index in [0.29, 0.717) is 11.9 Å². The van der Waals surface area contributed by atoms with Gasteiger partial charge in [0.15, 0.2) is 0 Å². The highest BCUT2D eigenvalue weighted by Crippen LogP contribution is 2.22. The zero-order valence-corrected chi connectivity index (χ0v) is 10.2. The van der Waals surface area contributed by atoms with Gasteiger partial charge in [0.25, 0.3) is 0 Å². The summed E-state index contributed by atoms with van der Waals surface area (Å²) >= 11 is 0. The molecule has 0 aromatic carbocycles. The fourth-order valence-corrected chi connectivity index (χ4v) is 2.74. The molecule has 0 spiro atoms. The van der Waals surface area contributed by atoms with Crippen LogP contribution in [0.3, 0.4) is 0 Å². The Bertz CT molecular complexity index is 244. The van der Waals surface area contributed by atoms with Gasteiger partial charge in [0.2, 0.25) is 5.91 Å². The molecule has 0 aromatic heterocycles. The Morgan fingerprint density at radius 1 is 1.44 bits per heavy atom. The first-order valence-electron chi connectivity index (χ1n) is 6.54. The lowest BCUT2D eigenvalue weighted by molar-refractivity contribution is -0.130. The van der Waals surface area contributed by atoms with E-state index in [0.717, 1.165) is 45.6 Å². The van der Waals surface area contributed by atoms with Crippen molar-refractivity contribution in [2.45, 2.75) is 32.2 Å². The highest BCUT2D eigenvalue weighted by Gasteiger charge is 2.34. The molecule has 2 aliphatic heterocycles. The summed E-state index contributed by atoms with van der Waals surface area (Å²) in [6.45, 7) is 8.59. The topological polar surface area (TPSA) is 35.6 Å². The minimum Gasteiger partial charge on any atom is -0.337 e. The Morgan fingerprint density at radius 3 is 3.12 bits per heavy atom. The monoisotopic (exact) mass is 225 g/mol. The van der Waals surface area contributed by atoms with Gasteiger partial charge in [0.1, 0.15) is 0 Å². The van der Waals surface area contributed by atoms with Gasteiger partial charge in [0.05, 0.1) is 0 Å². The van der Waals surface area contributed by atoms with Gasteiger partial charge in [-0.3, -0.25) is 9.69 Å². The largest absolute Gasteiger partial charge is 0.337 e. The van der Waals surface area contributed by atoms with Gasteiger partial charge in [-0.25, -0.2) is 0 Å². The number of hydrogen-bond acceptors (Lipinski definition) is 3. The highest BCUT2D eigenvalue weighted by molar-refractivity contribution is 5.78. The Hall–Kier alpha value is -0.610. The molecule has 0 bridgehead atoms. The molecule has 1 unspecified atom stereocenters. The lowest BCUT2D eigenvalue weighted by Crippen LogP contribution is -2.51. The number of carbonyl (C=O) groups is 1. The van der Waals surface area contributed by atoms with E-state index in [1.54, 1.807) is 0 Å². The van der Waals surface area contributed by atoms with E-state index < -0.39 is 0 Å². The molecule has 0 aromatic rings. The van der Waals surface area contributed by atoms with E-state index in [1.807, 2.05) is 0 Å². The van der Waals surface area contributed by atoms with Crippen LogP contribution in [-0.4, -0.2) is 61.0 Å². The predicted molar refractivity (Wildman–Crippen MR) is 64.3 cm³/mol. The smallest absolute Gasteiger partial charge is 0.222 e. The first-order valence-corrected chi connectivity index (χ1v) is 6.54. The standard InChI is InChI=1S/C12H23N3O/c1-2-13-6-3-7-14-8-9-15-11(10-14)4-5-12(15)16/h11,13H,2-10H2,1H3. The molecule has 0 aliphatic carbocycles. The molecule has 2 saturated heterocycles. The first-order chi connectivity index (χ1) is 7.81. The van der Waals surface area contributed by atoms with Crippen molar-refractivity contribution in [1.29, 1.82) is 0 Å². The quantitative estimate of drug-likeness (QED) is 0.683. The molecule has 1 atom stereocenters. The number of hydrogen-bond donors (Lipinski definition) is 1. The second-order valence-corrected chi connectivity index (χ2v) is 4.79. The van der Waals surface area contributed by atoms with E-state index in [2.05, 4.69) is 22.0 Å². The molecule has 2 heterocycles. The van der Waals surface area contributed by atoms with Crippen molar-refractivity contribution in [1.82, 2.24) is 15.1 Å². The molecule has 2 rings (SSSR count). The van der Waals surface area contributed by atoms with E-state index in [4.69, 9.17) is 0 Å². The zero-order chi connectivity index (χ0) is 11.4. The summed E-state index contributed by atoms with van der Waals surface area (Å²) in [6.07, 6.45) is 3.06. The lowest BCUT2D eigenvalue weighted by atomic mass is 10.1. The third kappa shape index (κ3) is 2.74. The summed E-state index contributed by atoms with van der Waals surface area (Å²) < 4.78 is 0. The van der Waals surface area contributed by atoms with Gasteiger partial charge >= 0.3 is 0 Å². The predicted octanol–water partition coefficient (Wildman–Crippen LogP) is 0.293. The van der Waals surface area contributed by atoms with Gasteiger partial charge in [0, 0.05) is 32.1 Å². The number of fused-ring (bicyclic) bond motifs is 1. The molecular weight excluding hydrogens is 202 g/mol. The van der Waals surface area contributed by atoms with Crippen LogP contribution >= 0.6 is 0 Å². The minimum atomic E-state index is 0.372. The molecular formula is C12H23N3O. The number of nitrogens with one attached hydrogen (secondary N) is 1. The summed E-state index contributed by atoms with van der Waals surface area (Å²) in [5, 5.41) is 3.35. The Balaban J connectivity index is 1.68. The summed E-state index contributed by atoms with van der Waals surface area (Å²) in [6, 6.07) is 0.514. The van der Waals surface area contributed by atoms with E-state index >= 15 is 0 Å². The molecule has 2 fully saturated rings. The van der Waals surface area contributed by atoms with Crippen LogP contribution < -0.4 is 5.32 Å². The van der Waals surface area contributed by atoms with Crippen molar-refractivity contribution in [3.63, 3.8) is 0 Å². The summed E-state index contributed by atoms with van der Waals surface area (Å²) in [5.74, 6) is 0.372. The van der Waals surface area contributed by atoms with Crippen LogP contribution in [0.25, 0.3) is 0 Å². The molecule has 92 valence electrons. The van der Waals surface area contributed by atoms with Crippen molar-refractivity contribution in [3.05, 3.63) is 0 Å². The summed E-state index contributed by atoms with van der Waals surface area (Å²) in [5.41, 5.74) is 0. The van der Waals surface area contributed by atoms with Crippen molar-refractivity contribution in [3.8, 4) is 0 Å². The Kier molecular flexibility index (Phi) is 4.18. The molecule has 1 amide bonds. The normalized spacial score (nSPS) is 26.2. The van der Waals surface area contributed by atoms with Crippen molar-refractivity contribution in [2.75, 3.05) is 39.3 Å².